The zero-order chi connectivity index (χ0) is 19.2. The molecule has 1 N–H and O–H groups in total. The largest absolute Gasteiger partial charge is 0.480 e. The van der Waals surface area contributed by atoms with Crippen molar-refractivity contribution in [2.24, 2.45) is 0 Å². The Morgan fingerprint density at radius 3 is 2.48 bits per heavy atom. The molecule has 0 saturated carbocycles. The van der Waals surface area contributed by atoms with E-state index < -0.39 is 5.97 Å². The molecule has 1 aromatic carbocycles. The lowest BCUT2D eigenvalue weighted by molar-refractivity contribution is -0.139. The second-order valence-electron chi connectivity index (χ2n) is 7.66. The van der Waals surface area contributed by atoms with Gasteiger partial charge in [-0.05, 0) is 63.0 Å². The number of hydrogen-bond acceptors (Lipinski definition) is 4. The molecule has 27 heavy (non-hydrogen) atoms. The van der Waals surface area contributed by atoms with E-state index in [9.17, 15) is 9.59 Å². The van der Waals surface area contributed by atoms with Crippen molar-refractivity contribution >= 4 is 11.9 Å². The van der Waals surface area contributed by atoms with Crippen LogP contribution in [-0.4, -0.2) is 77.0 Å². The minimum absolute atomic E-state index is 0.0770. The third kappa shape index (κ3) is 5.30. The van der Waals surface area contributed by atoms with Gasteiger partial charge in [-0.25, -0.2) is 0 Å². The van der Waals surface area contributed by atoms with Gasteiger partial charge in [0, 0.05) is 31.2 Å². The van der Waals surface area contributed by atoms with Crippen LogP contribution >= 0.6 is 0 Å². The Kier molecular flexibility index (Phi) is 6.85. The zero-order valence-electron chi connectivity index (χ0n) is 16.3. The molecule has 2 aliphatic heterocycles. The fourth-order valence-electron chi connectivity index (χ4n) is 4.29. The summed E-state index contributed by atoms with van der Waals surface area (Å²) in [4.78, 5) is 30.3. The van der Waals surface area contributed by atoms with Gasteiger partial charge in [0.1, 0.15) is 0 Å². The molecule has 0 atom stereocenters. The van der Waals surface area contributed by atoms with Crippen molar-refractivity contribution in [3.05, 3.63) is 35.4 Å². The minimum Gasteiger partial charge on any atom is -0.480 e. The number of likely N-dealkylation sites (tertiary alicyclic amines) is 2. The van der Waals surface area contributed by atoms with Crippen LogP contribution in [0.2, 0.25) is 0 Å². The van der Waals surface area contributed by atoms with Crippen molar-refractivity contribution < 1.29 is 14.7 Å². The van der Waals surface area contributed by atoms with Crippen molar-refractivity contribution in [3.8, 4) is 0 Å². The maximum atomic E-state index is 12.9. The molecule has 2 saturated heterocycles. The van der Waals surface area contributed by atoms with E-state index in [4.69, 9.17) is 5.11 Å². The Labute approximate surface area is 161 Å². The summed E-state index contributed by atoms with van der Waals surface area (Å²) >= 11 is 0. The summed E-state index contributed by atoms with van der Waals surface area (Å²) in [6.07, 6.45) is 4.20. The summed E-state index contributed by atoms with van der Waals surface area (Å²) in [5, 5.41) is 9.05. The minimum atomic E-state index is -0.787. The summed E-state index contributed by atoms with van der Waals surface area (Å²) < 4.78 is 0. The fraction of sp³-hybridized carbons (Fsp3) is 0.619. The molecule has 3 rings (SSSR count). The average Bonchev–Trinajstić information content (AvgIpc) is 3.19. The number of nitrogens with zero attached hydrogens (tertiary/aromatic N) is 3. The maximum Gasteiger partial charge on any atom is 0.317 e. The first-order valence-electron chi connectivity index (χ1n) is 10.1. The highest BCUT2D eigenvalue weighted by molar-refractivity contribution is 5.94. The predicted molar refractivity (Wildman–Crippen MR) is 105 cm³/mol. The molecule has 2 fully saturated rings. The fourth-order valence-corrected chi connectivity index (χ4v) is 4.29. The van der Waals surface area contributed by atoms with Crippen molar-refractivity contribution in [2.45, 2.75) is 45.2 Å². The summed E-state index contributed by atoms with van der Waals surface area (Å²) in [6, 6.07) is 8.28. The zero-order valence-corrected chi connectivity index (χ0v) is 16.3. The monoisotopic (exact) mass is 373 g/mol. The molecule has 0 aromatic heterocycles. The van der Waals surface area contributed by atoms with Crippen LogP contribution in [0.3, 0.4) is 0 Å². The Hall–Kier alpha value is -1.92. The molecule has 2 heterocycles. The Balaban J connectivity index is 1.56. The van der Waals surface area contributed by atoms with Crippen LogP contribution in [-0.2, 0) is 11.3 Å². The van der Waals surface area contributed by atoms with Crippen molar-refractivity contribution in [2.75, 3.05) is 39.3 Å². The highest BCUT2D eigenvalue weighted by Crippen LogP contribution is 2.20. The van der Waals surface area contributed by atoms with Crippen LogP contribution in [0.5, 0.6) is 0 Å². The number of likely N-dealkylation sites (N-methyl/N-ethyl adjacent to an activating group) is 1. The van der Waals surface area contributed by atoms with E-state index in [1.54, 1.807) is 0 Å². The lowest BCUT2D eigenvalue weighted by Crippen LogP contribution is -2.48. The molecule has 1 aromatic rings. The molecule has 0 radical (unpaired) electrons. The van der Waals surface area contributed by atoms with Gasteiger partial charge in [0.2, 0.25) is 0 Å². The van der Waals surface area contributed by atoms with Crippen LogP contribution in [0.4, 0.5) is 0 Å². The Morgan fingerprint density at radius 2 is 1.85 bits per heavy atom. The number of hydrogen-bond donors (Lipinski definition) is 1. The number of rotatable bonds is 7. The summed E-state index contributed by atoms with van der Waals surface area (Å²) in [5.41, 5.74) is 1.97. The molecule has 2 aliphatic rings. The number of benzene rings is 1. The number of carbonyl (C=O) groups excluding carboxylic acids is 1. The van der Waals surface area contributed by atoms with Crippen molar-refractivity contribution in [1.29, 1.82) is 0 Å². The molecule has 148 valence electrons. The van der Waals surface area contributed by atoms with Gasteiger partial charge >= 0.3 is 5.97 Å². The van der Waals surface area contributed by atoms with Crippen LogP contribution in [0.25, 0.3) is 0 Å². The van der Waals surface area contributed by atoms with E-state index in [2.05, 4.69) is 11.0 Å². The first kappa shape index (κ1) is 19.8. The van der Waals surface area contributed by atoms with Crippen molar-refractivity contribution in [3.63, 3.8) is 0 Å². The molecular weight excluding hydrogens is 342 g/mol. The molecule has 0 bridgehead atoms. The molecular formula is C21H31N3O3. The van der Waals surface area contributed by atoms with Gasteiger partial charge in [0.05, 0.1) is 6.54 Å². The number of aliphatic carboxylic acids is 1. The van der Waals surface area contributed by atoms with Gasteiger partial charge < -0.3 is 10.0 Å². The summed E-state index contributed by atoms with van der Waals surface area (Å²) in [7, 11) is 0. The maximum absolute atomic E-state index is 12.9. The first-order chi connectivity index (χ1) is 13.1. The predicted octanol–water partition coefficient (Wildman–Crippen LogP) is 2.29. The number of carbonyl (C=O) groups is 2. The van der Waals surface area contributed by atoms with Gasteiger partial charge in [-0.3, -0.25) is 19.4 Å². The number of carboxylic acids is 1. The number of carboxylic acid groups (broad SMARTS) is 1. The normalized spacial score (nSPS) is 19.0. The van der Waals surface area contributed by atoms with Crippen LogP contribution in [0, 0.1) is 0 Å². The van der Waals surface area contributed by atoms with Gasteiger partial charge in [-0.15, -0.1) is 0 Å². The molecule has 6 heteroatoms. The molecule has 1 amide bonds. The van der Waals surface area contributed by atoms with E-state index in [1.807, 2.05) is 34.9 Å². The molecule has 0 spiro atoms. The quantitative estimate of drug-likeness (QED) is 0.794. The third-order valence-corrected chi connectivity index (χ3v) is 5.79. The smallest absolute Gasteiger partial charge is 0.317 e. The lowest BCUT2D eigenvalue weighted by Gasteiger charge is -2.37. The van der Waals surface area contributed by atoms with Gasteiger partial charge in [-0.2, -0.15) is 0 Å². The lowest BCUT2D eigenvalue weighted by atomic mass is 10.0. The number of piperidine rings is 1. The van der Waals surface area contributed by atoms with E-state index in [1.165, 1.54) is 18.4 Å². The van der Waals surface area contributed by atoms with Crippen LogP contribution in [0.1, 0.15) is 48.5 Å². The summed E-state index contributed by atoms with van der Waals surface area (Å²) in [5.74, 6) is -0.692. The third-order valence-electron chi connectivity index (χ3n) is 5.79. The number of amides is 1. The molecule has 6 nitrogen and oxygen atoms in total. The summed E-state index contributed by atoms with van der Waals surface area (Å²) in [6.45, 7) is 7.39. The standard InChI is InChI=1S/C21H31N3O3/c1-2-23(16-20(25)26)19-8-12-24(13-9-19)21(27)18-7-5-6-17(14-18)15-22-10-3-4-11-22/h5-7,14,19H,2-4,8-13,15-16H2,1H3,(H,25,26). The topological polar surface area (TPSA) is 64.1 Å². The SMILES string of the molecule is CCN(CC(=O)O)C1CCN(C(=O)c2cccc(CN3CCCC3)c2)CC1. The average molecular weight is 373 g/mol. The highest BCUT2D eigenvalue weighted by atomic mass is 16.4. The first-order valence-corrected chi connectivity index (χ1v) is 10.1. The second kappa shape index (κ2) is 9.33. The van der Waals surface area contributed by atoms with E-state index in [-0.39, 0.29) is 18.5 Å². The molecule has 0 unspecified atom stereocenters. The molecule has 0 aliphatic carbocycles. The van der Waals surface area contributed by atoms with Crippen molar-refractivity contribution in [1.82, 2.24) is 14.7 Å². The van der Waals surface area contributed by atoms with Crippen LogP contribution < -0.4 is 0 Å². The Bertz CT molecular complexity index is 650. The Morgan fingerprint density at radius 1 is 1.15 bits per heavy atom. The van der Waals surface area contributed by atoms with Gasteiger partial charge in [0.15, 0.2) is 0 Å². The van der Waals surface area contributed by atoms with E-state index in [0.717, 1.165) is 44.6 Å². The van der Waals surface area contributed by atoms with Gasteiger partial charge in [-0.1, -0.05) is 19.1 Å². The highest BCUT2D eigenvalue weighted by Gasteiger charge is 2.27. The van der Waals surface area contributed by atoms with E-state index >= 15 is 0 Å². The van der Waals surface area contributed by atoms with Gasteiger partial charge in [0.25, 0.3) is 5.91 Å². The second-order valence-corrected chi connectivity index (χ2v) is 7.66. The van der Waals surface area contributed by atoms with E-state index in [0.29, 0.717) is 13.1 Å². The van der Waals surface area contributed by atoms with Crippen LogP contribution in [0.15, 0.2) is 24.3 Å².